The van der Waals surface area contributed by atoms with Gasteiger partial charge in [-0.2, -0.15) is 0 Å². The maximum absolute atomic E-state index is 13.6. The average molecular weight is 533 g/mol. The van der Waals surface area contributed by atoms with Crippen molar-refractivity contribution >= 4 is 45.0 Å². The number of Topliss-reactive ketones (excluding diaryl/α,β-unsaturated/α-hetero) is 1. The van der Waals surface area contributed by atoms with Gasteiger partial charge in [0.2, 0.25) is 0 Å². The van der Waals surface area contributed by atoms with Gasteiger partial charge in [-0.1, -0.05) is 60.2 Å². The van der Waals surface area contributed by atoms with E-state index in [0.717, 1.165) is 32.8 Å². The van der Waals surface area contributed by atoms with E-state index in [1.165, 1.54) is 0 Å². The summed E-state index contributed by atoms with van der Waals surface area (Å²) >= 11 is 0. The van der Waals surface area contributed by atoms with E-state index in [1.54, 1.807) is 18.2 Å². The number of hydrogen-bond acceptors (Lipinski definition) is 4. The molecule has 7 nitrogen and oxygen atoms in total. The standard InChI is InChI=1S/C33H32N4O3/c1-21-12-15-29(36-32(39)24-14-13-22-7-2-3-8-23(22)18-24)27(17-21)33(40)37-30(31(38)11-6-16-34)19-25-20-35-28-10-5-4-9-26(25)28/h2-5,7-10,12-15,17-18,20,30,35H,6,11,16,19,34H2,1H3,(H,36,39)(H,37,40)/t30-/m0/s1. The Labute approximate surface area is 232 Å². The number of amides is 2. The van der Waals surface area contributed by atoms with Gasteiger partial charge in [-0.3, -0.25) is 14.4 Å². The average Bonchev–Trinajstić information content (AvgIpc) is 3.38. The number of fused-ring (bicyclic) bond motifs is 2. The molecule has 0 bridgehead atoms. The molecule has 1 heterocycles. The third-order valence-electron chi connectivity index (χ3n) is 7.10. The van der Waals surface area contributed by atoms with Crippen molar-refractivity contribution in [3.63, 3.8) is 0 Å². The quantitative estimate of drug-likeness (QED) is 0.189. The van der Waals surface area contributed by atoms with E-state index in [-0.39, 0.29) is 18.1 Å². The number of carbonyl (C=O) groups excluding carboxylic acids is 3. The molecular weight excluding hydrogens is 500 g/mol. The van der Waals surface area contributed by atoms with Crippen LogP contribution in [0.15, 0.2) is 91.1 Å². The van der Waals surface area contributed by atoms with Crippen LogP contribution in [0.1, 0.15) is 44.7 Å². The topological polar surface area (TPSA) is 117 Å². The van der Waals surface area contributed by atoms with Gasteiger partial charge in [0.1, 0.15) is 0 Å². The predicted molar refractivity (Wildman–Crippen MR) is 160 cm³/mol. The maximum Gasteiger partial charge on any atom is 0.255 e. The molecule has 2 amide bonds. The Balaban J connectivity index is 1.40. The molecule has 4 aromatic carbocycles. The summed E-state index contributed by atoms with van der Waals surface area (Å²) in [6.45, 7) is 2.27. The second-order valence-corrected chi connectivity index (χ2v) is 10.0. The van der Waals surface area contributed by atoms with Crippen LogP contribution >= 0.6 is 0 Å². The zero-order valence-electron chi connectivity index (χ0n) is 22.4. The monoisotopic (exact) mass is 532 g/mol. The number of carbonyl (C=O) groups is 3. The van der Waals surface area contributed by atoms with Crippen LogP contribution in [0, 0.1) is 6.92 Å². The Morgan fingerprint density at radius 1 is 0.875 bits per heavy atom. The summed E-state index contributed by atoms with van der Waals surface area (Å²) in [6, 6.07) is 25.7. The summed E-state index contributed by atoms with van der Waals surface area (Å²) in [7, 11) is 0. The van der Waals surface area contributed by atoms with Gasteiger partial charge in [-0.25, -0.2) is 0 Å². The number of hydrogen-bond donors (Lipinski definition) is 4. The van der Waals surface area contributed by atoms with Gasteiger partial charge in [0.05, 0.1) is 17.3 Å². The summed E-state index contributed by atoms with van der Waals surface area (Å²) < 4.78 is 0. The highest BCUT2D eigenvalue weighted by Gasteiger charge is 2.24. The number of para-hydroxylation sites is 1. The third kappa shape index (κ3) is 5.95. The first-order chi connectivity index (χ1) is 19.4. The molecule has 0 unspecified atom stereocenters. The molecule has 0 saturated heterocycles. The van der Waals surface area contributed by atoms with Crippen LogP contribution in [0.4, 0.5) is 5.69 Å². The number of H-pyrrole nitrogens is 1. The Bertz CT molecular complexity index is 1700. The van der Waals surface area contributed by atoms with E-state index < -0.39 is 11.9 Å². The predicted octanol–water partition coefficient (Wildman–Crippen LogP) is 5.53. The molecule has 5 rings (SSSR count). The van der Waals surface area contributed by atoms with Crippen LogP contribution in [0.2, 0.25) is 0 Å². The Morgan fingerprint density at radius 2 is 1.65 bits per heavy atom. The van der Waals surface area contributed by atoms with E-state index in [2.05, 4.69) is 15.6 Å². The van der Waals surface area contributed by atoms with Crippen LogP contribution in [0.25, 0.3) is 21.7 Å². The molecule has 7 heteroatoms. The van der Waals surface area contributed by atoms with E-state index in [4.69, 9.17) is 5.73 Å². The van der Waals surface area contributed by atoms with Gasteiger partial charge in [-0.15, -0.1) is 0 Å². The fourth-order valence-corrected chi connectivity index (χ4v) is 4.93. The molecule has 0 aliphatic carbocycles. The second-order valence-electron chi connectivity index (χ2n) is 10.0. The van der Waals surface area contributed by atoms with Gasteiger partial charge in [0.25, 0.3) is 11.8 Å². The third-order valence-corrected chi connectivity index (χ3v) is 7.10. The summed E-state index contributed by atoms with van der Waals surface area (Å²) in [5, 5.41) is 8.85. The van der Waals surface area contributed by atoms with Gasteiger partial charge >= 0.3 is 0 Å². The Hall–Kier alpha value is -4.75. The number of nitrogens with two attached hydrogens (primary N) is 1. The van der Waals surface area contributed by atoms with Crippen LogP contribution < -0.4 is 16.4 Å². The molecule has 0 aliphatic heterocycles. The number of anilines is 1. The number of rotatable bonds is 10. The fourth-order valence-electron chi connectivity index (χ4n) is 4.93. The highest BCUT2D eigenvalue weighted by Crippen LogP contribution is 2.23. The zero-order valence-corrected chi connectivity index (χ0v) is 22.4. The molecule has 1 atom stereocenters. The molecule has 40 heavy (non-hydrogen) atoms. The van der Waals surface area contributed by atoms with Crippen molar-refractivity contribution < 1.29 is 14.4 Å². The summed E-state index contributed by atoms with van der Waals surface area (Å²) in [5.74, 6) is -0.833. The maximum atomic E-state index is 13.6. The molecule has 5 aromatic rings. The molecule has 202 valence electrons. The first-order valence-corrected chi connectivity index (χ1v) is 13.4. The number of nitrogens with one attached hydrogen (secondary N) is 3. The highest BCUT2D eigenvalue weighted by molar-refractivity contribution is 6.10. The van der Waals surface area contributed by atoms with Gasteiger partial charge < -0.3 is 21.4 Å². The largest absolute Gasteiger partial charge is 0.361 e. The van der Waals surface area contributed by atoms with Crippen molar-refractivity contribution in [1.82, 2.24) is 10.3 Å². The molecular formula is C33H32N4O3. The summed E-state index contributed by atoms with van der Waals surface area (Å²) in [6.07, 6.45) is 3.02. The van der Waals surface area contributed by atoms with Crippen molar-refractivity contribution in [3.05, 3.63) is 113 Å². The summed E-state index contributed by atoms with van der Waals surface area (Å²) in [4.78, 5) is 43.3. The number of aromatic nitrogens is 1. The lowest BCUT2D eigenvalue weighted by molar-refractivity contribution is -0.120. The number of ketones is 1. The molecule has 5 N–H and O–H groups in total. The normalized spacial score (nSPS) is 11.8. The highest BCUT2D eigenvalue weighted by atomic mass is 16.2. The smallest absolute Gasteiger partial charge is 0.255 e. The van der Waals surface area contributed by atoms with E-state index in [0.29, 0.717) is 36.2 Å². The molecule has 0 spiro atoms. The fraction of sp³-hybridized carbons (Fsp3) is 0.182. The molecule has 0 fully saturated rings. The van der Waals surface area contributed by atoms with Crippen LogP contribution in [0.5, 0.6) is 0 Å². The van der Waals surface area contributed by atoms with Crippen molar-refractivity contribution in [2.24, 2.45) is 5.73 Å². The van der Waals surface area contributed by atoms with Crippen molar-refractivity contribution in [1.29, 1.82) is 0 Å². The van der Waals surface area contributed by atoms with Crippen molar-refractivity contribution in [2.75, 3.05) is 11.9 Å². The van der Waals surface area contributed by atoms with Gasteiger partial charge in [-0.05, 0) is 66.6 Å². The molecule has 0 saturated carbocycles. The lowest BCUT2D eigenvalue weighted by Crippen LogP contribution is -2.42. The van der Waals surface area contributed by atoms with E-state index in [1.807, 2.05) is 79.9 Å². The first kappa shape index (κ1) is 26.8. The minimum atomic E-state index is -0.747. The Kier molecular flexibility index (Phi) is 8.03. The van der Waals surface area contributed by atoms with Crippen molar-refractivity contribution in [2.45, 2.75) is 32.2 Å². The van der Waals surface area contributed by atoms with Crippen LogP contribution in [0.3, 0.4) is 0 Å². The second kappa shape index (κ2) is 12.0. The lowest BCUT2D eigenvalue weighted by Gasteiger charge is -2.19. The van der Waals surface area contributed by atoms with Crippen LogP contribution in [-0.4, -0.2) is 35.2 Å². The number of benzene rings is 4. The minimum absolute atomic E-state index is 0.0847. The van der Waals surface area contributed by atoms with Crippen molar-refractivity contribution in [3.8, 4) is 0 Å². The Morgan fingerprint density at radius 3 is 2.48 bits per heavy atom. The van der Waals surface area contributed by atoms with E-state index in [9.17, 15) is 14.4 Å². The van der Waals surface area contributed by atoms with Gasteiger partial charge in [0.15, 0.2) is 5.78 Å². The zero-order chi connectivity index (χ0) is 28.1. The molecule has 0 aliphatic rings. The molecule has 0 radical (unpaired) electrons. The van der Waals surface area contributed by atoms with Crippen LogP contribution in [-0.2, 0) is 11.2 Å². The number of aryl methyl sites for hydroxylation is 1. The summed E-state index contributed by atoms with van der Waals surface area (Å²) in [5.41, 5.74) is 9.58. The first-order valence-electron chi connectivity index (χ1n) is 13.4. The van der Waals surface area contributed by atoms with E-state index >= 15 is 0 Å². The lowest BCUT2D eigenvalue weighted by atomic mass is 9.98. The number of aromatic amines is 1. The minimum Gasteiger partial charge on any atom is -0.361 e. The van der Waals surface area contributed by atoms with Gasteiger partial charge in [0, 0.05) is 35.5 Å². The molecule has 1 aromatic heterocycles. The SMILES string of the molecule is Cc1ccc(NC(=O)c2ccc3ccccc3c2)c(C(=O)N[C@@H](Cc2c[nH]c3ccccc23)C(=O)CCCN)c1.